The first-order valence-corrected chi connectivity index (χ1v) is 4.04. The normalized spacial score (nSPS) is 9.50. The molecular formula is C6H5ClINO. The number of hydrogen-bond donors (Lipinski definition) is 0. The maximum atomic E-state index is 5.74. The number of aromatic nitrogens is 1. The summed E-state index contributed by atoms with van der Waals surface area (Å²) in [4.78, 5) is 3.93. The van der Waals surface area contributed by atoms with Crippen LogP contribution in [0.4, 0.5) is 0 Å². The van der Waals surface area contributed by atoms with Crippen molar-refractivity contribution in [1.29, 1.82) is 0 Å². The smallest absolute Gasteiger partial charge is 0.232 e. The Morgan fingerprint density at radius 1 is 1.70 bits per heavy atom. The lowest BCUT2D eigenvalue weighted by atomic mass is 10.5. The standard InChI is InChI=1S/C6H5ClINO/c1-10-6-5(7)2-4(8)3-9-6/h2-3H,1H3. The fraction of sp³-hybridized carbons (Fsp3) is 0.167. The molecule has 0 N–H and O–H groups in total. The van der Waals surface area contributed by atoms with Crippen LogP contribution in [0, 0.1) is 3.57 Å². The van der Waals surface area contributed by atoms with Crippen molar-refractivity contribution in [3.05, 3.63) is 20.9 Å². The quantitative estimate of drug-likeness (QED) is 0.730. The van der Waals surface area contributed by atoms with Gasteiger partial charge in [0, 0.05) is 9.77 Å². The van der Waals surface area contributed by atoms with Crippen molar-refractivity contribution in [1.82, 2.24) is 4.98 Å². The molecule has 0 spiro atoms. The maximum Gasteiger partial charge on any atom is 0.232 e. The zero-order valence-electron chi connectivity index (χ0n) is 5.27. The molecule has 0 aliphatic carbocycles. The number of methoxy groups -OCH3 is 1. The SMILES string of the molecule is COc1ncc(I)cc1Cl. The number of rotatable bonds is 1. The predicted octanol–water partition coefficient (Wildman–Crippen LogP) is 2.35. The van der Waals surface area contributed by atoms with E-state index in [4.69, 9.17) is 16.3 Å². The van der Waals surface area contributed by atoms with Gasteiger partial charge in [0.15, 0.2) is 0 Å². The van der Waals surface area contributed by atoms with Crippen LogP contribution in [0.25, 0.3) is 0 Å². The number of nitrogens with zero attached hydrogens (tertiary/aromatic N) is 1. The van der Waals surface area contributed by atoms with Crippen molar-refractivity contribution in [3.63, 3.8) is 0 Å². The van der Waals surface area contributed by atoms with Gasteiger partial charge in [-0.15, -0.1) is 0 Å². The van der Waals surface area contributed by atoms with Crippen LogP contribution in [-0.4, -0.2) is 12.1 Å². The Balaban J connectivity index is 3.07. The summed E-state index contributed by atoms with van der Waals surface area (Å²) in [7, 11) is 1.54. The van der Waals surface area contributed by atoms with Crippen molar-refractivity contribution in [2.24, 2.45) is 0 Å². The van der Waals surface area contributed by atoms with Gasteiger partial charge in [-0.1, -0.05) is 11.6 Å². The summed E-state index contributed by atoms with van der Waals surface area (Å²) in [5, 5.41) is 0.550. The number of halogens is 2. The summed E-state index contributed by atoms with van der Waals surface area (Å²) in [6.45, 7) is 0. The van der Waals surface area contributed by atoms with Crippen LogP contribution in [0.5, 0.6) is 5.88 Å². The second-order valence-corrected chi connectivity index (χ2v) is 3.30. The van der Waals surface area contributed by atoms with E-state index in [0.29, 0.717) is 10.9 Å². The molecule has 10 heavy (non-hydrogen) atoms. The molecule has 2 nitrogen and oxygen atoms in total. The maximum absolute atomic E-state index is 5.74. The van der Waals surface area contributed by atoms with Crippen molar-refractivity contribution in [2.45, 2.75) is 0 Å². The van der Waals surface area contributed by atoms with Crippen molar-refractivity contribution < 1.29 is 4.74 Å². The van der Waals surface area contributed by atoms with Crippen LogP contribution in [0.3, 0.4) is 0 Å². The third-order valence-corrected chi connectivity index (χ3v) is 1.83. The zero-order chi connectivity index (χ0) is 7.56. The van der Waals surface area contributed by atoms with Crippen LogP contribution in [0.1, 0.15) is 0 Å². The van der Waals surface area contributed by atoms with E-state index >= 15 is 0 Å². The van der Waals surface area contributed by atoms with Gasteiger partial charge in [-0.05, 0) is 28.7 Å². The fourth-order valence-electron chi connectivity index (χ4n) is 0.552. The Labute approximate surface area is 77.7 Å². The Hall–Kier alpha value is -0.0300. The molecule has 0 bridgehead atoms. The third-order valence-electron chi connectivity index (χ3n) is 0.967. The Morgan fingerprint density at radius 2 is 2.40 bits per heavy atom. The van der Waals surface area contributed by atoms with Gasteiger partial charge in [0.2, 0.25) is 5.88 Å². The molecule has 1 heterocycles. The summed E-state index contributed by atoms with van der Waals surface area (Å²) < 4.78 is 5.86. The predicted molar refractivity (Wildman–Crippen MR) is 48.5 cm³/mol. The molecule has 0 amide bonds. The minimum atomic E-state index is 0.474. The second-order valence-electron chi connectivity index (χ2n) is 1.64. The monoisotopic (exact) mass is 269 g/mol. The third kappa shape index (κ3) is 1.73. The van der Waals surface area contributed by atoms with E-state index in [2.05, 4.69) is 27.6 Å². The number of pyridine rings is 1. The van der Waals surface area contributed by atoms with Crippen molar-refractivity contribution >= 4 is 34.2 Å². The molecule has 0 radical (unpaired) electrons. The molecule has 0 saturated carbocycles. The largest absolute Gasteiger partial charge is 0.480 e. The number of ether oxygens (including phenoxy) is 1. The lowest BCUT2D eigenvalue weighted by Gasteiger charge is -1.99. The van der Waals surface area contributed by atoms with Crippen LogP contribution in [-0.2, 0) is 0 Å². The molecule has 0 aliphatic heterocycles. The van der Waals surface area contributed by atoms with Crippen molar-refractivity contribution in [2.75, 3.05) is 7.11 Å². The summed E-state index contributed by atoms with van der Waals surface area (Å²) in [6.07, 6.45) is 1.70. The van der Waals surface area contributed by atoms with Gasteiger partial charge in [-0.3, -0.25) is 0 Å². The second kappa shape index (κ2) is 3.39. The van der Waals surface area contributed by atoms with Gasteiger partial charge >= 0.3 is 0 Å². The van der Waals surface area contributed by atoms with Crippen LogP contribution in [0.15, 0.2) is 12.3 Å². The van der Waals surface area contributed by atoms with E-state index in [-0.39, 0.29) is 0 Å². The summed E-state index contributed by atoms with van der Waals surface area (Å²) >= 11 is 7.87. The van der Waals surface area contributed by atoms with Gasteiger partial charge < -0.3 is 4.74 Å². The van der Waals surface area contributed by atoms with Crippen LogP contribution < -0.4 is 4.74 Å². The molecule has 1 rings (SSSR count). The first-order valence-electron chi connectivity index (χ1n) is 2.59. The molecule has 0 unspecified atom stereocenters. The first-order chi connectivity index (χ1) is 4.74. The summed E-state index contributed by atoms with van der Waals surface area (Å²) in [6, 6.07) is 1.80. The van der Waals surface area contributed by atoms with Gasteiger partial charge in [0.25, 0.3) is 0 Å². The molecule has 0 saturated heterocycles. The highest BCUT2D eigenvalue weighted by atomic mass is 127. The Morgan fingerprint density at radius 3 is 2.90 bits per heavy atom. The summed E-state index contributed by atoms with van der Waals surface area (Å²) in [5.74, 6) is 0.474. The molecule has 0 fully saturated rings. The minimum absolute atomic E-state index is 0.474. The molecule has 0 aromatic carbocycles. The molecule has 1 aromatic heterocycles. The highest BCUT2D eigenvalue weighted by molar-refractivity contribution is 14.1. The van der Waals surface area contributed by atoms with Gasteiger partial charge in [-0.2, -0.15) is 0 Å². The highest BCUT2D eigenvalue weighted by Gasteiger charge is 1.99. The van der Waals surface area contributed by atoms with Gasteiger partial charge in [0.1, 0.15) is 5.02 Å². The lowest BCUT2D eigenvalue weighted by Crippen LogP contribution is -1.88. The first kappa shape index (κ1) is 8.07. The van der Waals surface area contributed by atoms with E-state index < -0.39 is 0 Å². The van der Waals surface area contributed by atoms with Crippen LogP contribution in [0.2, 0.25) is 5.02 Å². The van der Waals surface area contributed by atoms with Crippen molar-refractivity contribution in [3.8, 4) is 5.88 Å². The van der Waals surface area contributed by atoms with E-state index in [1.165, 1.54) is 0 Å². The van der Waals surface area contributed by atoms with E-state index in [0.717, 1.165) is 3.57 Å². The van der Waals surface area contributed by atoms with Crippen LogP contribution >= 0.6 is 34.2 Å². The topological polar surface area (TPSA) is 22.1 Å². The molecule has 0 aliphatic rings. The van der Waals surface area contributed by atoms with E-state index in [1.807, 2.05) is 0 Å². The fourth-order valence-corrected chi connectivity index (χ4v) is 1.43. The molecule has 54 valence electrons. The minimum Gasteiger partial charge on any atom is -0.480 e. The molecule has 1 aromatic rings. The Bertz CT molecular complexity index is 241. The zero-order valence-corrected chi connectivity index (χ0v) is 8.18. The average molecular weight is 269 g/mol. The van der Waals surface area contributed by atoms with E-state index in [1.54, 1.807) is 19.4 Å². The highest BCUT2D eigenvalue weighted by Crippen LogP contribution is 2.22. The molecule has 4 heteroatoms. The lowest BCUT2D eigenvalue weighted by molar-refractivity contribution is 0.398. The van der Waals surface area contributed by atoms with Gasteiger partial charge in [0.05, 0.1) is 7.11 Å². The Kier molecular flexibility index (Phi) is 2.73. The molecular weight excluding hydrogens is 264 g/mol. The summed E-state index contributed by atoms with van der Waals surface area (Å²) in [5.41, 5.74) is 0. The molecule has 0 atom stereocenters. The van der Waals surface area contributed by atoms with E-state index in [9.17, 15) is 0 Å². The average Bonchev–Trinajstić information content (AvgIpc) is 1.88. The van der Waals surface area contributed by atoms with Gasteiger partial charge in [-0.25, -0.2) is 4.98 Å². The number of hydrogen-bond acceptors (Lipinski definition) is 2.